The molecule has 0 fully saturated rings. The fourth-order valence-corrected chi connectivity index (χ4v) is 3.74. The Kier molecular flexibility index (Phi) is 5.27. The lowest BCUT2D eigenvalue weighted by molar-refractivity contribution is -0.137. The first-order chi connectivity index (χ1) is 13.5. The van der Waals surface area contributed by atoms with E-state index in [1.54, 1.807) is 30.3 Å². The van der Waals surface area contributed by atoms with E-state index in [1.807, 2.05) is 6.07 Å². The largest absolute Gasteiger partial charge is 0.422 e. The highest BCUT2D eigenvalue weighted by Crippen LogP contribution is 2.39. The van der Waals surface area contributed by atoms with E-state index in [0.29, 0.717) is 10.4 Å². The first-order valence-electron chi connectivity index (χ1n) is 8.37. The van der Waals surface area contributed by atoms with Crippen LogP contribution in [-0.4, -0.2) is 21.4 Å². The van der Waals surface area contributed by atoms with Crippen LogP contribution in [0, 0.1) is 0 Å². The second kappa shape index (κ2) is 7.40. The van der Waals surface area contributed by atoms with Gasteiger partial charge in [-0.05, 0) is 36.8 Å². The molecule has 9 heteroatoms. The highest BCUT2D eigenvalue weighted by molar-refractivity contribution is 7.95. The van der Waals surface area contributed by atoms with E-state index in [1.165, 1.54) is 6.92 Å². The Morgan fingerprint density at radius 3 is 2.38 bits per heavy atom. The van der Waals surface area contributed by atoms with Gasteiger partial charge in [0.1, 0.15) is 0 Å². The van der Waals surface area contributed by atoms with Gasteiger partial charge in [0.15, 0.2) is 5.76 Å². The minimum Gasteiger partial charge on any atom is -0.422 e. The minimum absolute atomic E-state index is 0.0659. The van der Waals surface area contributed by atoms with Crippen molar-refractivity contribution in [3.8, 4) is 0 Å². The Hall–Kier alpha value is -3.07. The molecule has 0 N–H and O–H groups in total. The molecule has 0 atom stereocenters. The third-order valence-electron chi connectivity index (χ3n) is 4.27. The summed E-state index contributed by atoms with van der Waals surface area (Å²) in [5.41, 5.74) is -0.235. The maximum atomic E-state index is 13.0. The summed E-state index contributed by atoms with van der Waals surface area (Å²) in [5.74, 6) is -1.15. The zero-order chi connectivity index (χ0) is 21.4. The van der Waals surface area contributed by atoms with Crippen molar-refractivity contribution in [3.05, 3.63) is 76.2 Å². The van der Waals surface area contributed by atoms with Gasteiger partial charge in [-0.15, -0.1) is 0 Å². The predicted octanol–water partition coefficient (Wildman–Crippen LogP) is 4.43. The number of nitrogens with zero attached hydrogens (tertiary/aromatic N) is 1. The van der Waals surface area contributed by atoms with Gasteiger partial charge >= 0.3 is 12.1 Å². The first-order valence-corrected chi connectivity index (χ1v) is 9.87. The molecule has 0 amide bonds. The quantitative estimate of drug-likeness (QED) is 0.541. The molecular weight excluding hydrogens is 407 g/mol. The monoisotopic (exact) mass is 423 g/mol. The van der Waals surface area contributed by atoms with Crippen LogP contribution in [0.2, 0.25) is 0 Å². The fourth-order valence-electron chi connectivity index (χ4n) is 2.71. The summed E-state index contributed by atoms with van der Waals surface area (Å²) in [6.07, 6.45) is -3.09. The number of rotatable bonds is 3. The zero-order valence-corrected chi connectivity index (χ0v) is 16.2. The van der Waals surface area contributed by atoms with Crippen LogP contribution in [0.4, 0.5) is 18.9 Å². The van der Waals surface area contributed by atoms with Gasteiger partial charge in [0.05, 0.1) is 16.7 Å². The highest BCUT2D eigenvalue weighted by Gasteiger charge is 2.35. The summed E-state index contributed by atoms with van der Waals surface area (Å²) >= 11 is 0. The number of esters is 1. The number of benzene rings is 2. The van der Waals surface area contributed by atoms with E-state index in [9.17, 15) is 26.4 Å². The van der Waals surface area contributed by atoms with Crippen LogP contribution in [0.25, 0.3) is 11.8 Å². The van der Waals surface area contributed by atoms with Gasteiger partial charge in [-0.1, -0.05) is 30.3 Å². The summed E-state index contributed by atoms with van der Waals surface area (Å²) in [6, 6.07) is 11.5. The van der Waals surface area contributed by atoms with Crippen LogP contribution in [-0.2, 0) is 25.7 Å². The molecule has 1 aliphatic rings. The number of halogens is 3. The van der Waals surface area contributed by atoms with Crippen LogP contribution in [0.1, 0.15) is 23.6 Å². The second-order valence-electron chi connectivity index (χ2n) is 6.35. The molecule has 3 rings (SSSR count). The molecule has 0 saturated heterocycles. The normalized spacial score (nSPS) is 16.1. The molecule has 0 radical (unpaired) electrons. The summed E-state index contributed by atoms with van der Waals surface area (Å²) in [5, 5.41) is 0.719. The van der Waals surface area contributed by atoms with Crippen molar-refractivity contribution in [2.24, 2.45) is 0 Å². The molecule has 1 aliphatic heterocycles. The number of anilines is 1. The molecule has 29 heavy (non-hydrogen) atoms. The lowest BCUT2D eigenvalue weighted by Gasteiger charge is -2.27. The lowest BCUT2D eigenvalue weighted by Crippen LogP contribution is -2.29. The van der Waals surface area contributed by atoms with E-state index in [-0.39, 0.29) is 22.6 Å². The fraction of sp³-hybridized carbons (Fsp3) is 0.150. The predicted molar refractivity (Wildman–Crippen MR) is 103 cm³/mol. The third kappa shape index (κ3) is 4.34. The number of carbonyl (C=O) groups is 1. The van der Waals surface area contributed by atoms with E-state index in [0.717, 1.165) is 30.2 Å². The Labute approximate surface area is 165 Å². The molecule has 0 saturated carbocycles. The van der Waals surface area contributed by atoms with E-state index in [2.05, 4.69) is 0 Å². The molecule has 0 bridgehead atoms. The first kappa shape index (κ1) is 20.7. The maximum absolute atomic E-state index is 13.0. The summed E-state index contributed by atoms with van der Waals surface area (Å²) < 4.78 is 69.6. The number of ether oxygens (including phenoxy) is 1. The molecule has 1 heterocycles. The smallest absolute Gasteiger partial charge is 0.416 e. The van der Waals surface area contributed by atoms with Crippen LogP contribution in [0.3, 0.4) is 0 Å². The maximum Gasteiger partial charge on any atom is 0.416 e. The Bertz CT molecular complexity index is 1120. The summed E-state index contributed by atoms with van der Waals surface area (Å²) in [7, 11) is -2.98. The number of sulfonamides is 1. The lowest BCUT2D eigenvalue weighted by atomic mass is 10.1. The number of hydrogen-bond donors (Lipinski definition) is 0. The zero-order valence-electron chi connectivity index (χ0n) is 15.4. The second-order valence-corrected chi connectivity index (χ2v) is 8.17. The SMILES string of the molecule is C/C(=C\c1ccccc1)C(=O)OC1=CS(=O)(=O)N(C)c2cc(C(F)(F)F)ccc21. The highest BCUT2D eigenvalue weighted by atomic mass is 32.2. The third-order valence-corrected chi connectivity index (χ3v) is 5.75. The molecule has 0 unspecified atom stereocenters. The number of carbonyl (C=O) groups excluding carboxylic acids is 1. The van der Waals surface area contributed by atoms with Crippen LogP contribution < -0.4 is 4.31 Å². The molecular formula is C20H16F3NO4S. The van der Waals surface area contributed by atoms with E-state index < -0.39 is 27.7 Å². The van der Waals surface area contributed by atoms with Gasteiger partial charge in [0.2, 0.25) is 0 Å². The summed E-state index contributed by atoms with van der Waals surface area (Å²) in [6.45, 7) is 1.49. The number of alkyl halides is 3. The average molecular weight is 423 g/mol. The summed E-state index contributed by atoms with van der Waals surface area (Å²) in [4.78, 5) is 12.4. The van der Waals surface area contributed by atoms with E-state index >= 15 is 0 Å². The molecule has 0 aliphatic carbocycles. The molecule has 0 spiro atoms. The van der Waals surface area contributed by atoms with Gasteiger partial charge in [-0.2, -0.15) is 13.2 Å². The van der Waals surface area contributed by atoms with E-state index in [4.69, 9.17) is 4.74 Å². The topological polar surface area (TPSA) is 63.7 Å². The molecule has 2 aromatic rings. The minimum atomic E-state index is -4.65. The van der Waals surface area contributed by atoms with Gasteiger partial charge in [-0.25, -0.2) is 13.2 Å². The molecule has 2 aromatic carbocycles. The van der Waals surface area contributed by atoms with Gasteiger partial charge in [-0.3, -0.25) is 4.31 Å². The Morgan fingerprint density at radius 1 is 1.10 bits per heavy atom. The van der Waals surface area contributed by atoms with Crippen molar-refractivity contribution in [2.75, 3.05) is 11.4 Å². The van der Waals surface area contributed by atoms with Gasteiger partial charge < -0.3 is 4.74 Å². The van der Waals surface area contributed by atoms with Crippen LogP contribution in [0.15, 0.2) is 59.5 Å². The van der Waals surface area contributed by atoms with Crippen molar-refractivity contribution in [2.45, 2.75) is 13.1 Å². The average Bonchev–Trinajstić information content (AvgIpc) is 2.65. The van der Waals surface area contributed by atoms with Crippen molar-refractivity contribution < 1.29 is 31.1 Å². The van der Waals surface area contributed by atoms with Crippen LogP contribution >= 0.6 is 0 Å². The van der Waals surface area contributed by atoms with Crippen molar-refractivity contribution >= 4 is 33.5 Å². The van der Waals surface area contributed by atoms with Gasteiger partial charge in [0.25, 0.3) is 10.0 Å². The Balaban J connectivity index is 1.98. The van der Waals surface area contributed by atoms with Crippen molar-refractivity contribution in [1.29, 1.82) is 0 Å². The molecule has 152 valence electrons. The number of hydrogen-bond acceptors (Lipinski definition) is 4. The molecule has 0 aromatic heterocycles. The van der Waals surface area contributed by atoms with Crippen molar-refractivity contribution in [1.82, 2.24) is 0 Å². The Morgan fingerprint density at radius 2 is 1.76 bits per heavy atom. The van der Waals surface area contributed by atoms with Crippen molar-refractivity contribution in [3.63, 3.8) is 0 Å². The standard InChI is InChI=1S/C20H16F3NO4S/c1-13(10-14-6-4-3-5-7-14)19(25)28-18-12-29(26,27)24(2)17-11-15(20(21,22)23)8-9-16(17)18/h3-12H,1-2H3/b13-10+. The van der Waals surface area contributed by atoms with Crippen LogP contribution in [0.5, 0.6) is 0 Å². The number of fused-ring (bicyclic) bond motifs is 1. The molecule has 5 nitrogen and oxygen atoms in total. The van der Waals surface area contributed by atoms with Gasteiger partial charge in [0, 0.05) is 18.2 Å².